The molecule has 0 saturated heterocycles. The Hall–Kier alpha value is -5.86. The van der Waals surface area contributed by atoms with Crippen molar-refractivity contribution < 1.29 is 0 Å². The summed E-state index contributed by atoms with van der Waals surface area (Å²) in [5.41, 5.74) is 20.4. The molecule has 2 atom stereocenters. The maximum atomic E-state index is 2.64. The zero-order chi connectivity index (χ0) is 33.6. The van der Waals surface area contributed by atoms with Crippen LogP contribution in [0.25, 0.3) is 38.6 Å². The van der Waals surface area contributed by atoms with E-state index in [9.17, 15) is 0 Å². The summed E-state index contributed by atoms with van der Waals surface area (Å²) in [7, 11) is 0. The Labute approximate surface area is 298 Å². The lowest BCUT2D eigenvalue weighted by Gasteiger charge is -2.55. The zero-order valence-electron chi connectivity index (χ0n) is 28.8. The lowest BCUT2D eigenvalue weighted by molar-refractivity contribution is 0.424. The molecule has 5 aliphatic rings. The van der Waals surface area contributed by atoms with E-state index in [1.807, 2.05) is 0 Å². The molecule has 0 saturated carbocycles. The van der Waals surface area contributed by atoms with Crippen molar-refractivity contribution in [1.82, 2.24) is 4.57 Å². The number of para-hydroxylation sites is 3. The van der Waals surface area contributed by atoms with E-state index in [0.29, 0.717) is 5.92 Å². The second-order valence-corrected chi connectivity index (χ2v) is 15.6. The van der Waals surface area contributed by atoms with Crippen LogP contribution in [0.2, 0.25) is 0 Å². The van der Waals surface area contributed by atoms with Gasteiger partial charge in [-0.25, -0.2) is 0 Å². The van der Waals surface area contributed by atoms with E-state index in [2.05, 4.69) is 175 Å². The molecule has 51 heavy (non-hydrogen) atoms. The van der Waals surface area contributed by atoms with Crippen LogP contribution >= 0.6 is 0 Å². The maximum Gasteiger partial charge on any atom is 0.0541 e. The van der Waals surface area contributed by atoms with Gasteiger partial charge in [0.15, 0.2) is 0 Å². The van der Waals surface area contributed by atoms with Crippen LogP contribution in [-0.2, 0) is 10.8 Å². The van der Waals surface area contributed by atoms with Crippen molar-refractivity contribution in [3.8, 4) is 16.8 Å². The molecule has 242 valence electrons. The maximum absolute atomic E-state index is 2.64. The van der Waals surface area contributed by atoms with Crippen molar-refractivity contribution in [2.45, 2.75) is 43.4 Å². The third-order valence-electron chi connectivity index (χ3n) is 13.0. The van der Waals surface area contributed by atoms with Crippen LogP contribution in [0.5, 0.6) is 0 Å². The van der Waals surface area contributed by atoms with Gasteiger partial charge in [0.1, 0.15) is 0 Å². The Morgan fingerprint density at radius 1 is 0.490 bits per heavy atom. The Kier molecular flexibility index (Phi) is 5.18. The largest absolute Gasteiger partial charge is 0.310 e. The van der Waals surface area contributed by atoms with Crippen molar-refractivity contribution in [2.24, 2.45) is 0 Å². The number of anilines is 3. The number of hydrogen-bond acceptors (Lipinski definition) is 1. The minimum atomic E-state index is -0.228. The average Bonchev–Trinajstić information content (AvgIpc) is 3.64. The van der Waals surface area contributed by atoms with Gasteiger partial charge < -0.3 is 9.47 Å². The van der Waals surface area contributed by atoms with Gasteiger partial charge in [0, 0.05) is 27.5 Å². The first kappa shape index (κ1) is 27.9. The highest BCUT2D eigenvalue weighted by Crippen LogP contribution is 2.68. The number of benzene rings is 7. The van der Waals surface area contributed by atoms with Gasteiger partial charge in [-0.2, -0.15) is 0 Å². The number of rotatable bonds is 2. The molecule has 0 fully saturated rings. The highest BCUT2D eigenvalue weighted by molar-refractivity contribution is 6.09. The summed E-state index contributed by atoms with van der Waals surface area (Å²) in [5, 5.41) is 2.62. The van der Waals surface area contributed by atoms with Crippen molar-refractivity contribution in [3.63, 3.8) is 0 Å². The first-order chi connectivity index (χ1) is 25.1. The van der Waals surface area contributed by atoms with Crippen LogP contribution in [0.15, 0.2) is 152 Å². The van der Waals surface area contributed by atoms with Crippen LogP contribution in [-0.4, -0.2) is 4.57 Å². The summed E-state index contributed by atoms with van der Waals surface area (Å²) in [4.78, 5) is 2.64. The molecule has 1 aliphatic heterocycles. The van der Waals surface area contributed by atoms with Crippen LogP contribution in [0.1, 0.15) is 71.6 Å². The summed E-state index contributed by atoms with van der Waals surface area (Å²) in [6, 6.07) is 57.6. The third kappa shape index (κ3) is 3.22. The fourth-order valence-corrected chi connectivity index (χ4v) is 11.2. The van der Waals surface area contributed by atoms with Gasteiger partial charge in [0.2, 0.25) is 0 Å². The van der Waals surface area contributed by atoms with Crippen molar-refractivity contribution in [2.75, 3.05) is 4.90 Å². The first-order valence-electron chi connectivity index (χ1n) is 18.5. The minimum Gasteiger partial charge on any atom is -0.310 e. The molecule has 2 nitrogen and oxygen atoms in total. The van der Waals surface area contributed by atoms with E-state index >= 15 is 0 Å². The summed E-state index contributed by atoms with van der Waals surface area (Å²) >= 11 is 0. The molecular formula is C49H36N2. The fourth-order valence-electron chi connectivity index (χ4n) is 11.2. The van der Waals surface area contributed by atoms with E-state index in [1.165, 1.54) is 94.6 Å². The zero-order valence-corrected chi connectivity index (χ0v) is 28.8. The number of fused-ring (bicyclic) bond motifs is 8. The van der Waals surface area contributed by atoms with E-state index in [-0.39, 0.29) is 10.8 Å². The standard InChI is InChI=1S/C49H36N2/c1-48(2)36-19-7-3-15-31(36)35-18-13-25-43(46(35)48)51-41-24-12-9-21-38(41)49-29-28-34(30-14-4-8-20-37(30)49)45-42(26-27-44(51)47(45)49)50-39-22-10-5-16-32(39)33-17-6-11-23-40(33)50/h3-27,34H,28-29H2,1-2H3. The van der Waals surface area contributed by atoms with Gasteiger partial charge in [0.05, 0.1) is 33.8 Å². The summed E-state index contributed by atoms with van der Waals surface area (Å²) in [6.07, 6.45) is 2.25. The Morgan fingerprint density at radius 2 is 1.08 bits per heavy atom. The molecule has 4 aliphatic carbocycles. The fraction of sp³-hybridized carbons (Fsp3) is 0.143. The molecule has 2 heteroatoms. The second kappa shape index (κ2) is 9.47. The van der Waals surface area contributed by atoms with Gasteiger partial charge in [-0.1, -0.05) is 129 Å². The quantitative estimate of drug-likeness (QED) is 0.180. The van der Waals surface area contributed by atoms with E-state index in [4.69, 9.17) is 0 Å². The molecule has 1 spiro atoms. The van der Waals surface area contributed by atoms with Crippen molar-refractivity contribution >= 4 is 38.9 Å². The molecule has 0 radical (unpaired) electrons. The summed E-state index contributed by atoms with van der Waals surface area (Å²) in [5.74, 6) is 0.322. The Morgan fingerprint density at radius 3 is 1.88 bits per heavy atom. The number of hydrogen-bond donors (Lipinski definition) is 0. The van der Waals surface area contributed by atoms with Gasteiger partial charge in [0.25, 0.3) is 0 Å². The van der Waals surface area contributed by atoms with E-state index in [0.717, 1.165) is 12.8 Å². The Balaban J connectivity index is 1.23. The van der Waals surface area contributed by atoms with Gasteiger partial charge in [-0.3, -0.25) is 0 Å². The van der Waals surface area contributed by atoms with Crippen LogP contribution in [0.4, 0.5) is 17.1 Å². The third-order valence-corrected chi connectivity index (χ3v) is 13.0. The van der Waals surface area contributed by atoms with Crippen LogP contribution in [0.3, 0.4) is 0 Å². The van der Waals surface area contributed by atoms with Gasteiger partial charge in [-0.15, -0.1) is 0 Å². The lowest BCUT2D eigenvalue weighted by Crippen LogP contribution is -2.45. The summed E-state index contributed by atoms with van der Waals surface area (Å²) in [6.45, 7) is 4.83. The van der Waals surface area contributed by atoms with Crippen LogP contribution < -0.4 is 4.90 Å². The SMILES string of the molecule is CC1(C)c2ccccc2-c2cccc(N3c4ccccc4C45CCC(c6ccccc64)c4c(-n6c7ccccc7c7ccccc76)ccc3c45)c21. The molecule has 8 aromatic rings. The summed E-state index contributed by atoms with van der Waals surface area (Å²) < 4.78 is 2.57. The lowest BCUT2D eigenvalue weighted by atomic mass is 9.51. The highest BCUT2D eigenvalue weighted by atomic mass is 15.2. The molecule has 1 aromatic heterocycles. The second-order valence-electron chi connectivity index (χ2n) is 15.6. The highest BCUT2D eigenvalue weighted by Gasteiger charge is 2.56. The minimum absolute atomic E-state index is 0.138. The molecule has 13 rings (SSSR count). The molecule has 0 amide bonds. The van der Waals surface area contributed by atoms with Crippen LogP contribution in [0, 0.1) is 0 Å². The normalized spacial score (nSPS) is 19.8. The number of nitrogens with zero attached hydrogens (tertiary/aromatic N) is 2. The molecule has 0 N–H and O–H groups in total. The monoisotopic (exact) mass is 652 g/mol. The predicted octanol–water partition coefficient (Wildman–Crippen LogP) is 12.4. The molecule has 2 bridgehead atoms. The molecule has 2 unspecified atom stereocenters. The van der Waals surface area contributed by atoms with Crippen molar-refractivity contribution in [3.05, 3.63) is 191 Å². The van der Waals surface area contributed by atoms with E-state index in [1.54, 1.807) is 0 Å². The predicted molar refractivity (Wildman–Crippen MR) is 210 cm³/mol. The van der Waals surface area contributed by atoms with Gasteiger partial charge >= 0.3 is 0 Å². The van der Waals surface area contributed by atoms with Crippen molar-refractivity contribution in [1.29, 1.82) is 0 Å². The first-order valence-corrected chi connectivity index (χ1v) is 18.5. The van der Waals surface area contributed by atoms with E-state index < -0.39 is 0 Å². The molecule has 7 aromatic carbocycles. The molecular weight excluding hydrogens is 617 g/mol. The Bertz CT molecular complexity index is 2760. The smallest absolute Gasteiger partial charge is 0.0541 e. The number of aromatic nitrogens is 1. The average molecular weight is 653 g/mol. The molecule has 2 heterocycles. The topological polar surface area (TPSA) is 8.17 Å². The van der Waals surface area contributed by atoms with Gasteiger partial charge in [-0.05, 0) is 99.3 Å².